The summed E-state index contributed by atoms with van der Waals surface area (Å²) in [5, 5.41) is 0. The van der Waals surface area contributed by atoms with Gasteiger partial charge in [0.15, 0.2) is 0 Å². The van der Waals surface area contributed by atoms with Crippen molar-refractivity contribution in [1.82, 2.24) is 0 Å². The molecule has 0 nitrogen and oxygen atoms in total. The fourth-order valence-electron chi connectivity index (χ4n) is 2.12. The zero-order valence-corrected chi connectivity index (χ0v) is 20.8. The summed E-state index contributed by atoms with van der Waals surface area (Å²) >= 11 is 1.45. The molecule has 0 amide bonds. The summed E-state index contributed by atoms with van der Waals surface area (Å²) < 4.78 is 0. The van der Waals surface area contributed by atoms with Crippen molar-refractivity contribution in [3.8, 4) is 0 Å². The van der Waals surface area contributed by atoms with Crippen LogP contribution in [0.4, 0.5) is 0 Å². The van der Waals surface area contributed by atoms with Crippen LogP contribution in [-0.4, -0.2) is 5.49 Å². The predicted octanol–water partition coefficient (Wildman–Crippen LogP) is 6.58. The number of rotatable bonds is 3. The van der Waals surface area contributed by atoms with Crippen molar-refractivity contribution < 1.29 is 23.0 Å². The molecule has 0 unspecified atom stereocenters. The maximum atomic E-state index is 3.45. The van der Waals surface area contributed by atoms with Gasteiger partial charge in [-0.1, -0.05) is 40.0 Å². The molecule has 0 atom stereocenters. The molecule has 0 aromatic carbocycles. The molecule has 0 spiro atoms. The van der Waals surface area contributed by atoms with Crippen molar-refractivity contribution in [2.75, 3.05) is 0 Å². The van der Waals surface area contributed by atoms with Crippen LogP contribution >= 0.6 is 24.8 Å². The van der Waals surface area contributed by atoms with Crippen LogP contribution in [0.3, 0.4) is 0 Å². The third-order valence-corrected chi connectivity index (χ3v) is 3.03. The Morgan fingerprint density at radius 3 is 1.95 bits per heavy atom. The van der Waals surface area contributed by atoms with Gasteiger partial charge in [-0.15, -0.1) is 37.7 Å². The second kappa shape index (κ2) is 18.0. The first-order chi connectivity index (χ1) is 9.56. The molecule has 0 aromatic heterocycles. The van der Waals surface area contributed by atoms with E-state index in [1.807, 2.05) is 12.2 Å². The van der Waals surface area contributed by atoms with Gasteiger partial charge in [-0.05, 0) is 0 Å². The molecule has 0 aliphatic heterocycles. The molecule has 0 heterocycles. The van der Waals surface area contributed by atoms with E-state index in [0.717, 1.165) is 19.3 Å². The minimum atomic E-state index is 0. The van der Waals surface area contributed by atoms with Crippen LogP contribution in [0.1, 0.15) is 52.9 Å². The molecular formula is C18H30Cl2HfSi. The van der Waals surface area contributed by atoms with Gasteiger partial charge in [0.05, 0.1) is 0 Å². The van der Waals surface area contributed by atoms with Gasteiger partial charge in [0.25, 0.3) is 0 Å². The zero-order chi connectivity index (χ0) is 15.4. The van der Waals surface area contributed by atoms with E-state index < -0.39 is 0 Å². The maximum absolute atomic E-state index is 3.45. The quantitative estimate of drug-likeness (QED) is 0.289. The van der Waals surface area contributed by atoms with Crippen LogP contribution in [0, 0.1) is 12.2 Å². The Hall–Kier alpha value is 0.627. The third-order valence-electron chi connectivity index (χ3n) is 3.03. The van der Waals surface area contributed by atoms with E-state index in [1.165, 1.54) is 41.4 Å². The summed E-state index contributed by atoms with van der Waals surface area (Å²) in [6.45, 7) is 11.4. The summed E-state index contributed by atoms with van der Waals surface area (Å²) in [5.74, 6) is 0. The molecule has 4 heteroatoms. The molecule has 124 valence electrons. The zero-order valence-electron chi connectivity index (χ0n) is 14.6. The summed E-state index contributed by atoms with van der Waals surface area (Å²) in [4.78, 5) is 0. The van der Waals surface area contributed by atoms with Gasteiger partial charge in [0, 0.05) is 0 Å². The Morgan fingerprint density at radius 2 is 1.68 bits per heavy atom. The fraction of sp³-hybridized carbons (Fsp3) is 0.556. The first-order valence-electron chi connectivity index (χ1n) is 7.61. The average Bonchev–Trinajstić information content (AvgIpc) is 3.09. The van der Waals surface area contributed by atoms with E-state index in [9.17, 15) is 0 Å². The molecule has 2 aliphatic carbocycles. The Balaban J connectivity index is -0.000000278. The molecule has 0 radical (unpaired) electrons. The average molecular weight is 524 g/mol. The molecule has 22 heavy (non-hydrogen) atoms. The van der Waals surface area contributed by atoms with Crippen molar-refractivity contribution in [2.24, 2.45) is 0 Å². The van der Waals surface area contributed by atoms with Crippen molar-refractivity contribution in [1.29, 1.82) is 0 Å². The summed E-state index contributed by atoms with van der Waals surface area (Å²) in [6.07, 6.45) is 18.1. The summed E-state index contributed by atoms with van der Waals surface area (Å²) in [5.41, 5.74) is 4.94. The number of hydrogen-bond acceptors (Lipinski definition) is 0. The van der Waals surface area contributed by atoms with Gasteiger partial charge >= 0.3 is 41.6 Å². The summed E-state index contributed by atoms with van der Waals surface area (Å²) in [7, 11) is 0. The molecular weight excluding hydrogens is 494 g/mol. The first-order valence-corrected chi connectivity index (χ1v) is 15.5. The van der Waals surface area contributed by atoms with Gasteiger partial charge in [0.2, 0.25) is 0 Å². The largest absolute Gasteiger partial charge is 0.273 e. The first kappa shape index (κ1) is 27.5. The molecule has 0 N–H and O–H groups in total. The van der Waals surface area contributed by atoms with Crippen LogP contribution in [-0.2, 0) is 23.0 Å². The molecule has 0 saturated heterocycles. The van der Waals surface area contributed by atoms with Crippen molar-refractivity contribution >= 4 is 30.3 Å². The minimum Gasteiger partial charge on any atom is -0.273 e. The van der Waals surface area contributed by atoms with Crippen molar-refractivity contribution in [2.45, 2.75) is 66.0 Å². The Morgan fingerprint density at radius 1 is 1.09 bits per heavy atom. The normalized spacial score (nSPS) is 14.0. The van der Waals surface area contributed by atoms with Gasteiger partial charge in [-0.3, -0.25) is 12.2 Å². The summed E-state index contributed by atoms with van der Waals surface area (Å²) in [6, 6.07) is 0. The topological polar surface area (TPSA) is 0 Å². The molecule has 2 rings (SSSR count). The second-order valence-electron chi connectivity index (χ2n) is 4.98. The number of allylic oxidation sites excluding steroid dienone is 8. The smallest absolute Gasteiger partial charge is 0.109 e. The van der Waals surface area contributed by atoms with E-state index in [-0.39, 0.29) is 30.3 Å². The van der Waals surface area contributed by atoms with Gasteiger partial charge in [0.1, 0.15) is 0 Å². The van der Waals surface area contributed by atoms with Crippen LogP contribution in [0.2, 0.25) is 13.1 Å². The predicted molar refractivity (Wildman–Crippen MR) is 103 cm³/mol. The van der Waals surface area contributed by atoms with E-state index in [1.54, 1.807) is 11.1 Å². The fourth-order valence-corrected chi connectivity index (χ4v) is 2.12. The Labute approximate surface area is 165 Å². The minimum absolute atomic E-state index is 0. The van der Waals surface area contributed by atoms with Crippen LogP contribution < -0.4 is 0 Å². The van der Waals surface area contributed by atoms with E-state index in [4.69, 9.17) is 0 Å². The second-order valence-corrected chi connectivity index (χ2v) is 17.8. The van der Waals surface area contributed by atoms with E-state index >= 15 is 0 Å². The van der Waals surface area contributed by atoms with Crippen LogP contribution in [0.5, 0.6) is 0 Å². The number of hydrogen-bond donors (Lipinski definition) is 0. The molecule has 0 fully saturated rings. The van der Waals surface area contributed by atoms with E-state index in [0.29, 0.717) is 0 Å². The molecule has 0 saturated carbocycles. The van der Waals surface area contributed by atoms with Crippen LogP contribution in [0.25, 0.3) is 0 Å². The van der Waals surface area contributed by atoms with Gasteiger partial charge in [-0.2, -0.15) is 17.2 Å². The van der Waals surface area contributed by atoms with Gasteiger partial charge in [-0.25, -0.2) is 17.7 Å². The Bertz CT molecular complexity index is 407. The standard InChI is InChI=1S/C11H17.C5H5.C2H6Si.2ClH.Hf/c1-4-9-7-8-10(5-2)11(9)6-3;1-2-4-5-3-1;1-3-2;;;/h4-7H2,1-3H3;1-3H,4H2;1-2H3;2*1H;/q2*-1;;;;+2. The number of halogens is 2. The third kappa shape index (κ3) is 13.1. The molecule has 0 aromatic rings. The van der Waals surface area contributed by atoms with Crippen molar-refractivity contribution in [3.05, 3.63) is 47.1 Å². The van der Waals surface area contributed by atoms with E-state index in [2.05, 4.69) is 52.1 Å². The van der Waals surface area contributed by atoms with Crippen LogP contribution in [0.15, 0.2) is 34.9 Å². The van der Waals surface area contributed by atoms with Gasteiger partial charge < -0.3 is 0 Å². The Kier molecular flexibility index (Phi) is 22.4. The van der Waals surface area contributed by atoms with Crippen molar-refractivity contribution in [3.63, 3.8) is 0 Å². The monoisotopic (exact) mass is 524 g/mol. The molecule has 2 aliphatic rings. The molecule has 0 bridgehead atoms. The maximum Gasteiger partial charge on any atom is -0.109 e. The SMILES string of the molecule is CCC1=[C-]CC(CC)=C1CC.C[Si](C)=[Hf+2].Cl.Cl.[C-]1=CC=CC1.